The van der Waals surface area contributed by atoms with Crippen LogP contribution in [0.3, 0.4) is 0 Å². The molecule has 0 atom stereocenters. The van der Waals surface area contributed by atoms with Crippen molar-refractivity contribution >= 4 is 22.6 Å². The molecule has 0 fully saturated rings. The lowest BCUT2D eigenvalue weighted by Crippen LogP contribution is -2.15. The van der Waals surface area contributed by atoms with Gasteiger partial charge in [0.05, 0.1) is 12.5 Å². The van der Waals surface area contributed by atoms with E-state index in [-0.39, 0.29) is 24.4 Å². The van der Waals surface area contributed by atoms with Gasteiger partial charge in [0, 0.05) is 10.6 Å². The largest absolute Gasteiger partial charge is 0.497 e. The molecule has 0 bridgehead atoms. The molecule has 0 unspecified atom stereocenters. The third kappa shape index (κ3) is 4.58. The topological polar surface area (TPSA) is 57.9 Å². The van der Waals surface area contributed by atoms with Crippen LogP contribution in [0.1, 0.15) is 11.1 Å². The SMILES string of the molecule is COc1ccc(OCCOc2c(-c3ccc(C)cc3)oc3cc(C)c(Cl)cc3c2=O)cc1. The van der Waals surface area contributed by atoms with Gasteiger partial charge >= 0.3 is 0 Å². The van der Waals surface area contributed by atoms with E-state index in [0.717, 1.165) is 22.4 Å². The van der Waals surface area contributed by atoms with Crippen LogP contribution in [0.5, 0.6) is 17.2 Å². The van der Waals surface area contributed by atoms with Crippen molar-refractivity contribution in [1.82, 2.24) is 0 Å². The van der Waals surface area contributed by atoms with Crippen LogP contribution in [0, 0.1) is 13.8 Å². The highest BCUT2D eigenvalue weighted by Gasteiger charge is 2.19. The Morgan fingerprint density at radius 2 is 1.53 bits per heavy atom. The highest BCUT2D eigenvalue weighted by atomic mass is 35.5. The lowest BCUT2D eigenvalue weighted by atomic mass is 10.1. The summed E-state index contributed by atoms with van der Waals surface area (Å²) in [5.74, 6) is 1.95. The first-order chi connectivity index (χ1) is 15.5. The number of rotatable bonds is 7. The molecule has 4 rings (SSSR count). The number of methoxy groups -OCH3 is 1. The zero-order chi connectivity index (χ0) is 22.7. The van der Waals surface area contributed by atoms with E-state index in [1.165, 1.54) is 0 Å². The fraction of sp³-hybridized carbons (Fsp3) is 0.192. The summed E-state index contributed by atoms with van der Waals surface area (Å²) in [5.41, 5.74) is 2.89. The van der Waals surface area contributed by atoms with Gasteiger partial charge in [-0.25, -0.2) is 0 Å². The molecule has 0 aliphatic heterocycles. The maximum absolute atomic E-state index is 13.3. The van der Waals surface area contributed by atoms with E-state index >= 15 is 0 Å². The molecular weight excluding hydrogens is 428 g/mol. The monoisotopic (exact) mass is 450 g/mol. The number of halogens is 1. The van der Waals surface area contributed by atoms with Gasteiger partial charge in [-0.05, 0) is 55.8 Å². The average Bonchev–Trinajstić information content (AvgIpc) is 2.80. The van der Waals surface area contributed by atoms with Crippen LogP contribution >= 0.6 is 11.6 Å². The normalized spacial score (nSPS) is 10.9. The minimum atomic E-state index is -0.270. The maximum Gasteiger partial charge on any atom is 0.235 e. The lowest BCUT2D eigenvalue weighted by molar-refractivity contribution is 0.214. The number of fused-ring (bicyclic) bond motifs is 1. The van der Waals surface area contributed by atoms with Gasteiger partial charge in [-0.2, -0.15) is 0 Å². The van der Waals surface area contributed by atoms with Crippen molar-refractivity contribution in [3.63, 3.8) is 0 Å². The molecule has 1 heterocycles. The molecule has 0 aliphatic rings. The van der Waals surface area contributed by atoms with Crippen molar-refractivity contribution in [3.05, 3.63) is 87.0 Å². The predicted molar refractivity (Wildman–Crippen MR) is 126 cm³/mol. The summed E-state index contributed by atoms with van der Waals surface area (Å²) in [7, 11) is 1.61. The molecule has 32 heavy (non-hydrogen) atoms. The molecule has 164 valence electrons. The van der Waals surface area contributed by atoms with Crippen molar-refractivity contribution in [2.45, 2.75) is 13.8 Å². The molecular formula is C26H23ClO5. The summed E-state index contributed by atoms with van der Waals surface area (Å²) in [6.07, 6.45) is 0. The Labute approximate surface area is 191 Å². The fourth-order valence-corrected chi connectivity index (χ4v) is 3.46. The van der Waals surface area contributed by atoms with Crippen molar-refractivity contribution in [3.8, 4) is 28.6 Å². The summed E-state index contributed by atoms with van der Waals surface area (Å²) in [6.45, 7) is 4.29. The summed E-state index contributed by atoms with van der Waals surface area (Å²) in [4.78, 5) is 13.3. The van der Waals surface area contributed by atoms with E-state index < -0.39 is 0 Å². The first-order valence-electron chi connectivity index (χ1n) is 10.2. The molecule has 0 saturated carbocycles. The molecule has 0 spiro atoms. The summed E-state index contributed by atoms with van der Waals surface area (Å²) < 4.78 is 22.9. The lowest BCUT2D eigenvalue weighted by Gasteiger charge is -2.13. The van der Waals surface area contributed by atoms with E-state index in [1.807, 2.05) is 62.4 Å². The minimum absolute atomic E-state index is 0.139. The number of aryl methyl sites for hydroxylation is 2. The smallest absolute Gasteiger partial charge is 0.235 e. The molecule has 5 nitrogen and oxygen atoms in total. The predicted octanol–water partition coefficient (Wildman–Crippen LogP) is 6.20. The van der Waals surface area contributed by atoms with Crippen LogP contribution in [0.2, 0.25) is 5.02 Å². The molecule has 6 heteroatoms. The van der Waals surface area contributed by atoms with Gasteiger partial charge in [-0.3, -0.25) is 4.79 Å². The first-order valence-corrected chi connectivity index (χ1v) is 10.6. The maximum atomic E-state index is 13.3. The molecule has 0 aliphatic carbocycles. The van der Waals surface area contributed by atoms with E-state index in [0.29, 0.717) is 27.5 Å². The number of hydrogen-bond acceptors (Lipinski definition) is 5. The number of ether oxygens (including phenoxy) is 3. The van der Waals surface area contributed by atoms with Crippen LogP contribution in [-0.2, 0) is 0 Å². The van der Waals surface area contributed by atoms with Crippen LogP contribution in [0.25, 0.3) is 22.3 Å². The molecule has 0 radical (unpaired) electrons. The molecule has 0 N–H and O–H groups in total. The second kappa shape index (κ2) is 9.37. The number of hydrogen-bond donors (Lipinski definition) is 0. The van der Waals surface area contributed by atoms with Crippen molar-refractivity contribution in [2.75, 3.05) is 20.3 Å². The van der Waals surface area contributed by atoms with Gasteiger partial charge in [0.2, 0.25) is 11.2 Å². The van der Waals surface area contributed by atoms with E-state index in [9.17, 15) is 4.79 Å². The standard InChI is InChI=1S/C26H23ClO5/c1-16-4-6-18(7-5-16)25-26(24(28)21-15-22(27)17(2)14-23(21)32-25)31-13-12-30-20-10-8-19(29-3)9-11-20/h4-11,14-15H,12-13H2,1-3H3. The summed E-state index contributed by atoms with van der Waals surface area (Å²) in [5, 5.41) is 0.879. The molecule has 0 amide bonds. The van der Waals surface area contributed by atoms with E-state index in [1.54, 1.807) is 19.2 Å². The second-order valence-electron chi connectivity index (χ2n) is 7.43. The third-order valence-electron chi connectivity index (χ3n) is 5.10. The van der Waals surface area contributed by atoms with Gasteiger partial charge in [0.15, 0.2) is 5.76 Å². The summed E-state index contributed by atoms with van der Waals surface area (Å²) in [6, 6.07) is 18.4. The Kier molecular flexibility index (Phi) is 6.37. The van der Waals surface area contributed by atoms with Gasteiger partial charge < -0.3 is 18.6 Å². The minimum Gasteiger partial charge on any atom is -0.497 e. The Morgan fingerprint density at radius 3 is 2.22 bits per heavy atom. The van der Waals surface area contributed by atoms with Crippen molar-refractivity contribution in [1.29, 1.82) is 0 Å². The Balaban J connectivity index is 1.64. The van der Waals surface area contributed by atoms with E-state index in [2.05, 4.69) is 0 Å². The van der Waals surface area contributed by atoms with Crippen molar-refractivity contribution < 1.29 is 18.6 Å². The van der Waals surface area contributed by atoms with Gasteiger partial charge in [-0.15, -0.1) is 0 Å². The molecule has 3 aromatic carbocycles. The Bertz CT molecular complexity index is 1290. The van der Waals surface area contributed by atoms with E-state index in [4.69, 9.17) is 30.2 Å². The van der Waals surface area contributed by atoms with Crippen LogP contribution in [0.4, 0.5) is 0 Å². The molecule has 0 saturated heterocycles. The van der Waals surface area contributed by atoms with Crippen LogP contribution < -0.4 is 19.6 Å². The Morgan fingerprint density at radius 1 is 0.875 bits per heavy atom. The van der Waals surface area contributed by atoms with Gasteiger partial charge in [0.1, 0.15) is 30.3 Å². The Hall–Kier alpha value is -3.44. The van der Waals surface area contributed by atoms with Gasteiger partial charge in [-0.1, -0.05) is 41.4 Å². The highest BCUT2D eigenvalue weighted by Crippen LogP contribution is 2.33. The average molecular weight is 451 g/mol. The molecule has 4 aromatic rings. The zero-order valence-corrected chi connectivity index (χ0v) is 18.9. The summed E-state index contributed by atoms with van der Waals surface area (Å²) >= 11 is 6.25. The first kappa shape index (κ1) is 21.8. The van der Waals surface area contributed by atoms with Crippen molar-refractivity contribution in [2.24, 2.45) is 0 Å². The van der Waals surface area contributed by atoms with Crippen LogP contribution in [-0.4, -0.2) is 20.3 Å². The quantitative estimate of drug-likeness (QED) is 0.314. The third-order valence-corrected chi connectivity index (χ3v) is 5.51. The second-order valence-corrected chi connectivity index (χ2v) is 7.83. The number of benzene rings is 3. The highest BCUT2D eigenvalue weighted by molar-refractivity contribution is 6.32. The molecule has 1 aromatic heterocycles. The van der Waals surface area contributed by atoms with Gasteiger partial charge in [0.25, 0.3) is 0 Å². The fourth-order valence-electron chi connectivity index (χ4n) is 3.30. The van der Waals surface area contributed by atoms with Crippen LogP contribution in [0.15, 0.2) is 69.9 Å². The zero-order valence-electron chi connectivity index (χ0n) is 18.1.